The van der Waals surface area contributed by atoms with E-state index in [2.05, 4.69) is 0 Å². The standard InChI is InChI=1S/C13H16FNO2/c1-15-8-4-7-11(15)12(14)9-5-2-3-6-10(9)13(16)17/h2-3,5-6,11-12H,4,7-8H2,1H3,(H,16,17). The molecule has 1 fully saturated rings. The van der Waals surface area contributed by atoms with Crippen molar-refractivity contribution in [1.82, 2.24) is 4.90 Å². The topological polar surface area (TPSA) is 40.5 Å². The van der Waals surface area contributed by atoms with Crippen molar-refractivity contribution >= 4 is 5.97 Å². The highest BCUT2D eigenvalue weighted by molar-refractivity contribution is 5.89. The summed E-state index contributed by atoms with van der Waals surface area (Å²) >= 11 is 0. The molecule has 0 aromatic heterocycles. The Morgan fingerprint density at radius 1 is 1.53 bits per heavy atom. The van der Waals surface area contributed by atoms with Gasteiger partial charge in [0.2, 0.25) is 0 Å². The Balaban J connectivity index is 2.30. The van der Waals surface area contributed by atoms with Gasteiger partial charge in [0.15, 0.2) is 0 Å². The molecule has 0 aliphatic carbocycles. The average molecular weight is 237 g/mol. The number of benzene rings is 1. The summed E-state index contributed by atoms with van der Waals surface area (Å²) in [6.07, 6.45) is 0.525. The Bertz CT molecular complexity index is 422. The molecule has 1 N–H and O–H groups in total. The van der Waals surface area contributed by atoms with Gasteiger partial charge in [0.25, 0.3) is 0 Å². The second-order valence-corrected chi connectivity index (χ2v) is 4.48. The molecule has 92 valence electrons. The van der Waals surface area contributed by atoms with Crippen LogP contribution in [0.5, 0.6) is 0 Å². The second kappa shape index (κ2) is 4.84. The third-order valence-corrected chi connectivity index (χ3v) is 3.40. The summed E-state index contributed by atoms with van der Waals surface area (Å²) in [7, 11) is 1.88. The van der Waals surface area contributed by atoms with Crippen molar-refractivity contribution in [3.63, 3.8) is 0 Å². The highest BCUT2D eigenvalue weighted by Gasteiger charge is 2.32. The summed E-state index contributed by atoms with van der Waals surface area (Å²) < 4.78 is 14.4. The van der Waals surface area contributed by atoms with Gasteiger partial charge in [-0.25, -0.2) is 9.18 Å². The highest BCUT2D eigenvalue weighted by Crippen LogP contribution is 2.32. The molecule has 2 rings (SSSR count). The molecule has 0 radical (unpaired) electrons. The van der Waals surface area contributed by atoms with E-state index >= 15 is 0 Å². The third kappa shape index (κ3) is 2.31. The van der Waals surface area contributed by atoms with Crippen LogP contribution in [0.15, 0.2) is 24.3 Å². The fraction of sp³-hybridized carbons (Fsp3) is 0.462. The lowest BCUT2D eigenvalue weighted by Crippen LogP contribution is -2.30. The van der Waals surface area contributed by atoms with Crippen molar-refractivity contribution in [1.29, 1.82) is 0 Å². The van der Waals surface area contributed by atoms with Gasteiger partial charge in [-0.05, 0) is 32.5 Å². The van der Waals surface area contributed by atoms with E-state index in [-0.39, 0.29) is 11.6 Å². The van der Waals surface area contributed by atoms with Gasteiger partial charge in [-0.2, -0.15) is 0 Å². The first kappa shape index (κ1) is 12.0. The number of halogens is 1. The Hall–Kier alpha value is -1.42. The largest absolute Gasteiger partial charge is 0.478 e. The maximum Gasteiger partial charge on any atom is 0.336 e. The van der Waals surface area contributed by atoms with Crippen LogP contribution in [0.4, 0.5) is 4.39 Å². The van der Waals surface area contributed by atoms with Crippen LogP contribution in [0.1, 0.15) is 34.9 Å². The number of likely N-dealkylation sites (tertiary alicyclic amines) is 1. The first-order valence-corrected chi connectivity index (χ1v) is 5.78. The zero-order valence-corrected chi connectivity index (χ0v) is 9.77. The molecule has 0 amide bonds. The number of hydrogen-bond acceptors (Lipinski definition) is 2. The summed E-state index contributed by atoms with van der Waals surface area (Å²) in [6, 6.07) is 6.14. The highest BCUT2D eigenvalue weighted by atomic mass is 19.1. The smallest absolute Gasteiger partial charge is 0.336 e. The van der Waals surface area contributed by atoms with Crippen molar-refractivity contribution in [3.8, 4) is 0 Å². The summed E-state index contributed by atoms with van der Waals surface area (Å²) in [5.41, 5.74) is 0.360. The van der Waals surface area contributed by atoms with Crippen LogP contribution >= 0.6 is 0 Å². The van der Waals surface area contributed by atoms with E-state index in [0.29, 0.717) is 5.56 Å². The zero-order chi connectivity index (χ0) is 12.4. The normalized spacial score (nSPS) is 22.6. The van der Waals surface area contributed by atoms with Crippen molar-refractivity contribution in [2.75, 3.05) is 13.6 Å². The molecular formula is C13H16FNO2. The molecule has 0 bridgehead atoms. The Morgan fingerprint density at radius 2 is 2.24 bits per heavy atom. The summed E-state index contributed by atoms with van der Waals surface area (Å²) in [5, 5.41) is 9.04. The molecular weight excluding hydrogens is 221 g/mol. The molecule has 1 heterocycles. The van der Waals surface area contributed by atoms with E-state index < -0.39 is 12.1 Å². The minimum Gasteiger partial charge on any atom is -0.478 e. The van der Waals surface area contributed by atoms with Gasteiger partial charge in [-0.1, -0.05) is 18.2 Å². The van der Waals surface area contributed by atoms with E-state index in [9.17, 15) is 9.18 Å². The van der Waals surface area contributed by atoms with E-state index in [0.717, 1.165) is 19.4 Å². The lowest BCUT2D eigenvalue weighted by Gasteiger charge is -2.24. The molecule has 1 aliphatic heterocycles. The van der Waals surface area contributed by atoms with E-state index in [4.69, 9.17) is 5.11 Å². The van der Waals surface area contributed by atoms with Gasteiger partial charge in [0, 0.05) is 11.6 Å². The van der Waals surface area contributed by atoms with Crippen LogP contribution in [0.2, 0.25) is 0 Å². The monoisotopic (exact) mass is 237 g/mol. The first-order chi connectivity index (χ1) is 8.11. The molecule has 0 spiro atoms. The van der Waals surface area contributed by atoms with E-state index in [1.807, 2.05) is 11.9 Å². The van der Waals surface area contributed by atoms with Crippen LogP contribution in [0, 0.1) is 0 Å². The number of hydrogen-bond donors (Lipinski definition) is 1. The minimum atomic E-state index is -1.23. The molecule has 1 aromatic rings. The third-order valence-electron chi connectivity index (χ3n) is 3.40. The summed E-state index contributed by atoms with van der Waals surface area (Å²) in [6.45, 7) is 0.875. The summed E-state index contributed by atoms with van der Waals surface area (Å²) in [4.78, 5) is 13.0. The van der Waals surface area contributed by atoms with Gasteiger partial charge in [-0.15, -0.1) is 0 Å². The maximum absolute atomic E-state index is 14.4. The fourth-order valence-corrected chi connectivity index (χ4v) is 2.45. The number of nitrogens with zero attached hydrogens (tertiary/aromatic N) is 1. The quantitative estimate of drug-likeness (QED) is 0.878. The Kier molecular flexibility index (Phi) is 3.43. The Labute approximate surface area is 99.9 Å². The van der Waals surface area contributed by atoms with Crippen LogP contribution < -0.4 is 0 Å². The number of carboxylic acids is 1. The van der Waals surface area contributed by atoms with Crippen molar-refractivity contribution in [2.45, 2.75) is 25.1 Å². The lowest BCUT2D eigenvalue weighted by atomic mass is 9.97. The minimum absolute atomic E-state index is 0.0697. The maximum atomic E-state index is 14.4. The number of rotatable bonds is 3. The fourth-order valence-electron chi connectivity index (χ4n) is 2.45. The first-order valence-electron chi connectivity index (χ1n) is 5.78. The number of carbonyl (C=O) groups is 1. The molecule has 0 saturated carbocycles. The van der Waals surface area contributed by atoms with Gasteiger partial charge >= 0.3 is 5.97 Å². The van der Waals surface area contributed by atoms with Crippen LogP contribution in [0.25, 0.3) is 0 Å². The summed E-state index contributed by atoms with van der Waals surface area (Å²) in [5.74, 6) is -1.07. The van der Waals surface area contributed by atoms with Gasteiger partial charge < -0.3 is 10.0 Å². The van der Waals surface area contributed by atoms with E-state index in [1.54, 1.807) is 18.2 Å². The number of aromatic carboxylic acids is 1. The molecule has 2 unspecified atom stereocenters. The molecule has 3 nitrogen and oxygen atoms in total. The Morgan fingerprint density at radius 3 is 2.82 bits per heavy atom. The molecule has 17 heavy (non-hydrogen) atoms. The van der Waals surface area contributed by atoms with Gasteiger partial charge in [0.1, 0.15) is 6.17 Å². The van der Waals surface area contributed by atoms with Gasteiger partial charge in [-0.3, -0.25) is 0 Å². The van der Waals surface area contributed by atoms with Gasteiger partial charge in [0.05, 0.1) is 5.56 Å². The molecule has 1 saturated heterocycles. The second-order valence-electron chi connectivity index (χ2n) is 4.48. The molecule has 1 aromatic carbocycles. The van der Waals surface area contributed by atoms with Crippen molar-refractivity contribution in [3.05, 3.63) is 35.4 Å². The van der Waals surface area contributed by atoms with Crippen molar-refractivity contribution < 1.29 is 14.3 Å². The van der Waals surface area contributed by atoms with Crippen LogP contribution in [-0.4, -0.2) is 35.6 Å². The molecule has 2 atom stereocenters. The SMILES string of the molecule is CN1CCCC1C(F)c1ccccc1C(=O)O. The predicted octanol–water partition coefficient (Wildman–Crippen LogP) is 2.49. The number of carboxylic acid groups (broad SMARTS) is 1. The van der Waals surface area contributed by atoms with E-state index in [1.165, 1.54) is 6.07 Å². The predicted molar refractivity (Wildman–Crippen MR) is 62.9 cm³/mol. The lowest BCUT2D eigenvalue weighted by molar-refractivity contribution is 0.0690. The van der Waals surface area contributed by atoms with Crippen molar-refractivity contribution in [2.24, 2.45) is 0 Å². The van der Waals surface area contributed by atoms with Crippen LogP contribution in [0.3, 0.4) is 0 Å². The average Bonchev–Trinajstić information content (AvgIpc) is 2.74. The zero-order valence-electron chi connectivity index (χ0n) is 9.77. The molecule has 1 aliphatic rings. The number of alkyl halides is 1. The number of likely N-dealkylation sites (N-methyl/N-ethyl adjacent to an activating group) is 1. The van der Waals surface area contributed by atoms with Crippen LogP contribution in [-0.2, 0) is 0 Å². The molecule has 4 heteroatoms.